The summed E-state index contributed by atoms with van der Waals surface area (Å²) in [7, 11) is 0. The van der Waals surface area contributed by atoms with Crippen LogP contribution in [0.15, 0.2) is 23.8 Å². The van der Waals surface area contributed by atoms with Gasteiger partial charge >= 0.3 is 0 Å². The topological polar surface area (TPSA) is 29.1 Å². The molecule has 1 N–H and O–H groups in total. The molecule has 0 aromatic carbocycles. The number of rotatable bonds is 9. The normalized spacial score (nSPS) is 10.9. The predicted octanol–water partition coefficient (Wildman–Crippen LogP) is 4.37. The van der Waals surface area contributed by atoms with Crippen LogP contribution in [-0.4, -0.2) is 11.9 Å². The van der Waals surface area contributed by atoms with Crippen molar-refractivity contribution in [2.24, 2.45) is 0 Å². The van der Waals surface area contributed by atoms with Crippen molar-refractivity contribution in [3.05, 3.63) is 23.8 Å². The number of carbonyl (C=O) groups is 1. The molecule has 18 heavy (non-hydrogen) atoms. The van der Waals surface area contributed by atoms with Crippen LogP contribution in [-0.2, 0) is 4.79 Å². The van der Waals surface area contributed by atoms with Crippen molar-refractivity contribution in [3.63, 3.8) is 0 Å². The van der Waals surface area contributed by atoms with Crippen LogP contribution >= 0.6 is 0 Å². The lowest BCUT2D eigenvalue weighted by molar-refractivity contribution is -0.116. The molecule has 0 unspecified atom stereocenters. The summed E-state index contributed by atoms with van der Waals surface area (Å²) in [6, 6.07) is 0.200. The first kappa shape index (κ1) is 16.9. The second kappa shape index (κ2) is 11.1. The van der Waals surface area contributed by atoms with Crippen LogP contribution in [0.5, 0.6) is 0 Å². The SMILES string of the molecule is CCCCC(=C/C=C/C(=O)NC(C)C)CCCC. The Morgan fingerprint density at radius 3 is 2.11 bits per heavy atom. The van der Waals surface area contributed by atoms with Gasteiger partial charge in [-0.3, -0.25) is 4.79 Å². The number of unbranched alkanes of at least 4 members (excludes halogenated alkanes) is 2. The summed E-state index contributed by atoms with van der Waals surface area (Å²) in [5, 5.41) is 2.85. The molecule has 2 heteroatoms. The Kier molecular flexibility index (Phi) is 10.4. The monoisotopic (exact) mass is 251 g/mol. The first-order valence-corrected chi connectivity index (χ1v) is 7.26. The molecule has 0 aromatic rings. The maximum absolute atomic E-state index is 11.4. The number of nitrogens with one attached hydrogen (secondary N) is 1. The molecule has 0 bridgehead atoms. The molecule has 1 amide bonds. The zero-order valence-corrected chi connectivity index (χ0v) is 12.5. The molecule has 0 aliphatic rings. The fourth-order valence-electron chi connectivity index (χ4n) is 1.70. The molecule has 104 valence electrons. The average Bonchev–Trinajstić information content (AvgIpc) is 2.31. The lowest BCUT2D eigenvalue weighted by Crippen LogP contribution is -2.28. The molecule has 0 aliphatic carbocycles. The molecule has 0 atom stereocenters. The zero-order valence-electron chi connectivity index (χ0n) is 12.5. The fourth-order valence-corrected chi connectivity index (χ4v) is 1.70. The highest BCUT2D eigenvalue weighted by atomic mass is 16.1. The van der Waals surface area contributed by atoms with Crippen molar-refractivity contribution in [2.45, 2.75) is 72.3 Å². The van der Waals surface area contributed by atoms with E-state index in [0.29, 0.717) is 0 Å². The Hall–Kier alpha value is -1.05. The highest BCUT2D eigenvalue weighted by Crippen LogP contribution is 2.14. The number of hydrogen-bond acceptors (Lipinski definition) is 1. The average molecular weight is 251 g/mol. The van der Waals surface area contributed by atoms with Gasteiger partial charge in [-0.25, -0.2) is 0 Å². The summed E-state index contributed by atoms with van der Waals surface area (Å²) in [6.07, 6.45) is 12.9. The smallest absolute Gasteiger partial charge is 0.244 e. The molecule has 0 aromatic heterocycles. The van der Waals surface area contributed by atoms with Gasteiger partial charge in [-0.2, -0.15) is 0 Å². The van der Waals surface area contributed by atoms with Gasteiger partial charge < -0.3 is 5.32 Å². The van der Waals surface area contributed by atoms with E-state index in [1.54, 1.807) is 6.08 Å². The van der Waals surface area contributed by atoms with Crippen LogP contribution in [0.1, 0.15) is 66.2 Å². The van der Waals surface area contributed by atoms with Gasteiger partial charge in [-0.05, 0) is 39.5 Å². The second-order valence-corrected chi connectivity index (χ2v) is 5.05. The van der Waals surface area contributed by atoms with E-state index >= 15 is 0 Å². The summed E-state index contributed by atoms with van der Waals surface area (Å²) in [4.78, 5) is 11.4. The minimum Gasteiger partial charge on any atom is -0.350 e. The summed E-state index contributed by atoms with van der Waals surface area (Å²) in [6.45, 7) is 8.36. The van der Waals surface area contributed by atoms with E-state index in [4.69, 9.17) is 0 Å². The molecule has 0 saturated carbocycles. The quantitative estimate of drug-likeness (QED) is 0.478. The van der Waals surface area contributed by atoms with E-state index in [9.17, 15) is 4.79 Å². The second-order valence-electron chi connectivity index (χ2n) is 5.05. The number of amides is 1. The third-order valence-corrected chi connectivity index (χ3v) is 2.71. The summed E-state index contributed by atoms with van der Waals surface area (Å²) >= 11 is 0. The van der Waals surface area contributed by atoms with Crippen LogP contribution in [0.2, 0.25) is 0 Å². The van der Waals surface area contributed by atoms with Gasteiger partial charge in [0.15, 0.2) is 0 Å². The zero-order chi connectivity index (χ0) is 13.8. The Morgan fingerprint density at radius 1 is 1.11 bits per heavy atom. The number of allylic oxidation sites excluding steroid dienone is 3. The van der Waals surface area contributed by atoms with Gasteiger partial charge in [0.05, 0.1) is 0 Å². The standard InChI is InChI=1S/C16H29NO/c1-5-7-10-15(11-8-6-2)12-9-13-16(18)17-14(3)4/h9,12-14H,5-8,10-11H2,1-4H3,(H,17,18)/b13-9+. The third-order valence-electron chi connectivity index (χ3n) is 2.71. The fraction of sp³-hybridized carbons (Fsp3) is 0.688. The van der Waals surface area contributed by atoms with Crippen molar-refractivity contribution in [1.82, 2.24) is 5.32 Å². The van der Waals surface area contributed by atoms with Crippen molar-refractivity contribution in [2.75, 3.05) is 0 Å². The van der Waals surface area contributed by atoms with Gasteiger partial charge in [-0.1, -0.05) is 44.4 Å². The largest absolute Gasteiger partial charge is 0.350 e. The maximum Gasteiger partial charge on any atom is 0.244 e. The van der Waals surface area contributed by atoms with E-state index in [-0.39, 0.29) is 11.9 Å². The van der Waals surface area contributed by atoms with Gasteiger partial charge in [0.2, 0.25) is 5.91 Å². The third kappa shape index (κ3) is 10.1. The highest BCUT2D eigenvalue weighted by Gasteiger charge is 1.98. The van der Waals surface area contributed by atoms with Crippen molar-refractivity contribution >= 4 is 5.91 Å². The Bertz CT molecular complexity index is 267. The van der Waals surface area contributed by atoms with Crippen molar-refractivity contribution in [3.8, 4) is 0 Å². The van der Waals surface area contributed by atoms with Crippen LogP contribution < -0.4 is 5.32 Å². The first-order valence-electron chi connectivity index (χ1n) is 7.26. The van der Waals surface area contributed by atoms with Gasteiger partial charge in [-0.15, -0.1) is 0 Å². The van der Waals surface area contributed by atoms with Gasteiger partial charge in [0, 0.05) is 12.1 Å². The van der Waals surface area contributed by atoms with Crippen molar-refractivity contribution < 1.29 is 4.79 Å². The molecular weight excluding hydrogens is 222 g/mol. The molecule has 0 aliphatic heterocycles. The van der Waals surface area contributed by atoms with E-state index in [2.05, 4.69) is 25.2 Å². The summed E-state index contributed by atoms with van der Waals surface area (Å²) in [5.41, 5.74) is 1.47. The molecule has 0 fully saturated rings. The summed E-state index contributed by atoms with van der Waals surface area (Å²) < 4.78 is 0. The highest BCUT2D eigenvalue weighted by molar-refractivity contribution is 5.87. The van der Waals surface area contributed by atoms with E-state index in [1.807, 2.05) is 19.9 Å². The van der Waals surface area contributed by atoms with Crippen LogP contribution in [0.3, 0.4) is 0 Å². The molecule has 0 rings (SSSR count). The Balaban J connectivity index is 4.26. The molecule has 0 heterocycles. The Morgan fingerprint density at radius 2 is 1.67 bits per heavy atom. The predicted molar refractivity (Wildman–Crippen MR) is 79.6 cm³/mol. The number of hydrogen-bond donors (Lipinski definition) is 1. The molecule has 0 spiro atoms. The minimum absolute atomic E-state index is 0.00779. The first-order chi connectivity index (χ1) is 8.60. The minimum atomic E-state index is -0.00779. The molecule has 0 saturated heterocycles. The number of carbonyl (C=O) groups excluding carboxylic acids is 1. The molecular formula is C16H29NO. The van der Waals surface area contributed by atoms with E-state index in [1.165, 1.54) is 31.3 Å². The molecule has 0 radical (unpaired) electrons. The van der Waals surface area contributed by atoms with Crippen molar-refractivity contribution in [1.29, 1.82) is 0 Å². The molecule has 2 nitrogen and oxygen atoms in total. The van der Waals surface area contributed by atoms with Crippen LogP contribution in [0.4, 0.5) is 0 Å². The van der Waals surface area contributed by atoms with E-state index < -0.39 is 0 Å². The van der Waals surface area contributed by atoms with E-state index in [0.717, 1.165) is 12.8 Å². The summed E-state index contributed by atoms with van der Waals surface area (Å²) in [5.74, 6) is -0.00779. The lowest BCUT2D eigenvalue weighted by Gasteiger charge is -2.05. The van der Waals surface area contributed by atoms with Crippen LogP contribution in [0.25, 0.3) is 0 Å². The van der Waals surface area contributed by atoms with Gasteiger partial charge in [0.1, 0.15) is 0 Å². The van der Waals surface area contributed by atoms with Crippen LogP contribution in [0, 0.1) is 0 Å². The maximum atomic E-state index is 11.4. The lowest BCUT2D eigenvalue weighted by atomic mass is 10.0. The Labute approximate surface area is 113 Å². The van der Waals surface area contributed by atoms with Gasteiger partial charge in [0.25, 0.3) is 0 Å².